The van der Waals surface area contributed by atoms with Crippen LogP contribution in [0.2, 0.25) is 0 Å². The molecule has 24 heavy (non-hydrogen) atoms. The molecule has 2 aliphatic rings. The lowest BCUT2D eigenvalue weighted by molar-refractivity contribution is -0.121. The number of carbonyl (C=O) groups is 1. The zero-order valence-electron chi connectivity index (χ0n) is 14.6. The first-order valence-electron chi connectivity index (χ1n) is 9.21. The van der Waals surface area contributed by atoms with Gasteiger partial charge in [0.1, 0.15) is 5.82 Å². The van der Waals surface area contributed by atoms with Gasteiger partial charge in [0.2, 0.25) is 5.91 Å². The Morgan fingerprint density at radius 2 is 2.00 bits per heavy atom. The molecule has 0 aromatic carbocycles. The molecule has 0 atom stereocenters. The Kier molecular flexibility index (Phi) is 5.51. The van der Waals surface area contributed by atoms with Crippen LogP contribution < -0.4 is 5.32 Å². The van der Waals surface area contributed by atoms with E-state index in [1.807, 2.05) is 18.2 Å². The van der Waals surface area contributed by atoms with Gasteiger partial charge in [0, 0.05) is 18.7 Å². The first kappa shape index (κ1) is 17.4. The summed E-state index contributed by atoms with van der Waals surface area (Å²) in [5.41, 5.74) is -0.518. The zero-order chi connectivity index (χ0) is 17.0. The molecule has 5 nitrogen and oxygen atoms in total. The topological polar surface area (TPSA) is 65.5 Å². The largest absolute Gasteiger partial charge is 0.389 e. The SMILES string of the molecule is CC1CCC(O)(CN2CCC(C(=O)Nc3ccccn3)CC2)CC1. The maximum Gasteiger partial charge on any atom is 0.228 e. The van der Waals surface area contributed by atoms with Crippen LogP contribution in [-0.2, 0) is 4.79 Å². The number of carbonyl (C=O) groups excluding carboxylic acids is 1. The van der Waals surface area contributed by atoms with Crippen molar-refractivity contribution in [3.05, 3.63) is 24.4 Å². The minimum atomic E-state index is -0.518. The molecule has 132 valence electrons. The second-order valence-electron chi connectivity index (χ2n) is 7.66. The molecule has 1 amide bonds. The Morgan fingerprint density at radius 1 is 1.29 bits per heavy atom. The van der Waals surface area contributed by atoms with Crippen LogP contribution in [0.5, 0.6) is 0 Å². The van der Waals surface area contributed by atoms with Gasteiger partial charge in [-0.25, -0.2) is 4.98 Å². The summed E-state index contributed by atoms with van der Waals surface area (Å²) in [6, 6.07) is 5.52. The number of nitrogens with zero attached hydrogens (tertiary/aromatic N) is 2. The Labute approximate surface area is 144 Å². The first-order chi connectivity index (χ1) is 11.5. The van der Waals surface area contributed by atoms with E-state index in [0.717, 1.165) is 64.1 Å². The van der Waals surface area contributed by atoms with E-state index in [2.05, 4.69) is 22.1 Å². The molecule has 2 fully saturated rings. The van der Waals surface area contributed by atoms with Crippen LogP contribution in [0.1, 0.15) is 45.4 Å². The van der Waals surface area contributed by atoms with Crippen LogP contribution in [0.25, 0.3) is 0 Å². The molecule has 2 heterocycles. The lowest BCUT2D eigenvalue weighted by atomic mass is 9.79. The van der Waals surface area contributed by atoms with Crippen LogP contribution in [0, 0.1) is 11.8 Å². The van der Waals surface area contributed by atoms with E-state index in [4.69, 9.17) is 0 Å². The highest BCUT2D eigenvalue weighted by atomic mass is 16.3. The number of piperidine rings is 1. The molecule has 1 saturated carbocycles. The second-order valence-corrected chi connectivity index (χ2v) is 7.66. The van der Waals surface area contributed by atoms with Crippen molar-refractivity contribution in [1.29, 1.82) is 0 Å². The fourth-order valence-corrected chi connectivity index (χ4v) is 3.89. The van der Waals surface area contributed by atoms with Crippen LogP contribution in [0.15, 0.2) is 24.4 Å². The molecule has 1 aromatic heterocycles. The molecular formula is C19H29N3O2. The second kappa shape index (κ2) is 7.62. The van der Waals surface area contributed by atoms with Gasteiger partial charge in [-0.05, 0) is 69.7 Å². The van der Waals surface area contributed by atoms with Crippen molar-refractivity contribution in [2.45, 2.75) is 51.0 Å². The van der Waals surface area contributed by atoms with E-state index in [1.165, 1.54) is 0 Å². The van der Waals surface area contributed by atoms with Gasteiger partial charge in [-0.1, -0.05) is 13.0 Å². The standard InChI is InChI=1S/C19H29N3O2/c1-15-5-9-19(24,10-6-15)14-22-12-7-16(8-13-22)18(23)21-17-4-2-3-11-20-17/h2-4,11,15-16,24H,5-10,12-14H2,1H3,(H,20,21,23). The van der Waals surface area contributed by atoms with Gasteiger partial charge in [0.15, 0.2) is 0 Å². The molecule has 1 aliphatic carbocycles. The number of likely N-dealkylation sites (tertiary alicyclic amines) is 1. The van der Waals surface area contributed by atoms with Crippen molar-refractivity contribution in [3.8, 4) is 0 Å². The summed E-state index contributed by atoms with van der Waals surface area (Å²) < 4.78 is 0. The summed E-state index contributed by atoms with van der Waals surface area (Å²) in [5, 5.41) is 13.7. The van der Waals surface area contributed by atoms with Gasteiger partial charge >= 0.3 is 0 Å². The summed E-state index contributed by atoms with van der Waals surface area (Å²) in [5.74, 6) is 1.48. The summed E-state index contributed by atoms with van der Waals surface area (Å²) in [4.78, 5) is 18.8. The molecule has 0 spiro atoms. The fraction of sp³-hybridized carbons (Fsp3) is 0.684. The number of nitrogens with one attached hydrogen (secondary N) is 1. The summed E-state index contributed by atoms with van der Waals surface area (Å²) >= 11 is 0. The van der Waals surface area contributed by atoms with Crippen LogP contribution >= 0.6 is 0 Å². The van der Waals surface area contributed by atoms with Crippen LogP contribution in [-0.4, -0.2) is 46.1 Å². The van der Waals surface area contributed by atoms with Crippen molar-refractivity contribution in [2.24, 2.45) is 11.8 Å². The lowest BCUT2D eigenvalue weighted by Crippen LogP contribution is -2.48. The van der Waals surface area contributed by atoms with E-state index in [-0.39, 0.29) is 11.8 Å². The van der Waals surface area contributed by atoms with Crippen LogP contribution in [0.4, 0.5) is 5.82 Å². The monoisotopic (exact) mass is 331 g/mol. The smallest absolute Gasteiger partial charge is 0.228 e. The van der Waals surface area contributed by atoms with E-state index >= 15 is 0 Å². The average Bonchev–Trinajstić information content (AvgIpc) is 2.59. The predicted molar refractivity (Wildman–Crippen MR) is 94.6 cm³/mol. The van der Waals surface area contributed by atoms with Crippen molar-refractivity contribution >= 4 is 11.7 Å². The number of β-amino-alcohol motifs (C(OH)–C–C–N with tert-alkyl or cyclic N) is 1. The van der Waals surface area contributed by atoms with Crippen molar-refractivity contribution in [2.75, 3.05) is 25.0 Å². The number of rotatable bonds is 4. The van der Waals surface area contributed by atoms with Crippen molar-refractivity contribution < 1.29 is 9.90 Å². The molecule has 1 aromatic rings. The third-order valence-corrected chi connectivity index (χ3v) is 5.60. The zero-order valence-corrected chi connectivity index (χ0v) is 14.6. The average molecular weight is 331 g/mol. The normalized spacial score (nSPS) is 29.3. The molecular weight excluding hydrogens is 302 g/mol. The Morgan fingerprint density at radius 3 is 2.62 bits per heavy atom. The molecule has 1 saturated heterocycles. The lowest BCUT2D eigenvalue weighted by Gasteiger charge is -2.41. The van der Waals surface area contributed by atoms with Gasteiger partial charge in [-0.15, -0.1) is 0 Å². The summed E-state index contributed by atoms with van der Waals surface area (Å²) in [7, 11) is 0. The van der Waals surface area contributed by atoms with Gasteiger partial charge in [0.05, 0.1) is 5.60 Å². The predicted octanol–water partition coefficient (Wildman–Crippen LogP) is 2.67. The van der Waals surface area contributed by atoms with Crippen LogP contribution in [0.3, 0.4) is 0 Å². The first-order valence-corrected chi connectivity index (χ1v) is 9.21. The number of hydrogen-bond donors (Lipinski definition) is 2. The van der Waals surface area contributed by atoms with Gasteiger partial charge in [-0.3, -0.25) is 4.79 Å². The number of amides is 1. The highest BCUT2D eigenvalue weighted by molar-refractivity contribution is 5.91. The maximum atomic E-state index is 12.3. The summed E-state index contributed by atoms with van der Waals surface area (Å²) in [6.45, 7) is 4.80. The number of hydrogen-bond acceptors (Lipinski definition) is 4. The number of aromatic nitrogens is 1. The third-order valence-electron chi connectivity index (χ3n) is 5.60. The van der Waals surface area contributed by atoms with E-state index < -0.39 is 5.60 Å². The van der Waals surface area contributed by atoms with Gasteiger partial charge in [-0.2, -0.15) is 0 Å². The number of pyridine rings is 1. The van der Waals surface area contributed by atoms with E-state index in [0.29, 0.717) is 5.82 Å². The minimum Gasteiger partial charge on any atom is -0.389 e. The van der Waals surface area contributed by atoms with E-state index in [1.54, 1.807) is 6.20 Å². The highest BCUT2D eigenvalue weighted by Gasteiger charge is 2.35. The minimum absolute atomic E-state index is 0.0456. The molecule has 3 rings (SSSR count). The van der Waals surface area contributed by atoms with Gasteiger partial charge in [0.25, 0.3) is 0 Å². The Bertz CT molecular complexity index is 533. The maximum absolute atomic E-state index is 12.3. The highest BCUT2D eigenvalue weighted by Crippen LogP contribution is 2.33. The van der Waals surface area contributed by atoms with Crippen molar-refractivity contribution in [1.82, 2.24) is 9.88 Å². The van der Waals surface area contributed by atoms with E-state index in [9.17, 15) is 9.90 Å². The summed E-state index contributed by atoms with van der Waals surface area (Å²) in [6.07, 6.45) is 7.46. The third kappa shape index (κ3) is 4.54. The van der Waals surface area contributed by atoms with Crippen molar-refractivity contribution in [3.63, 3.8) is 0 Å². The molecule has 5 heteroatoms. The quantitative estimate of drug-likeness (QED) is 0.890. The Hall–Kier alpha value is -1.46. The molecule has 2 N–H and O–H groups in total. The fourth-order valence-electron chi connectivity index (χ4n) is 3.89. The molecule has 0 bridgehead atoms. The number of aliphatic hydroxyl groups is 1. The molecule has 0 radical (unpaired) electrons. The Balaban J connectivity index is 1.44. The van der Waals surface area contributed by atoms with Gasteiger partial charge < -0.3 is 15.3 Å². The molecule has 0 unspecified atom stereocenters. The number of anilines is 1. The molecule has 1 aliphatic heterocycles.